The van der Waals surface area contributed by atoms with Crippen molar-refractivity contribution in [2.75, 3.05) is 39.8 Å². The first-order chi connectivity index (χ1) is 15.4. The van der Waals surface area contributed by atoms with Crippen LogP contribution in [0.1, 0.15) is 23.1 Å². The first kappa shape index (κ1) is 23.1. The summed E-state index contributed by atoms with van der Waals surface area (Å²) in [6.45, 7) is 10.4. The van der Waals surface area contributed by atoms with E-state index in [-0.39, 0.29) is 5.56 Å². The number of nitrogens with zero attached hydrogens (tertiary/aromatic N) is 4. The predicted octanol–water partition coefficient (Wildman–Crippen LogP) is 2.20. The van der Waals surface area contributed by atoms with Gasteiger partial charge in [-0.15, -0.1) is 0 Å². The molecule has 0 saturated carbocycles. The largest absolute Gasteiger partial charge is 0.304 e. The summed E-state index contributed by atoms with van der Waals surface area (Å²) in [6.07, 6.45) is 0.958. The van der Waals surface area contributed by atoms with Crippen molar-refractivity contribution in [3.8, 4) is 0 Å². The van der Waals surface area contributed by atoms with E-state index in [9.17, 15) is 4.79 Å². The van der Waals surface area contributed by atoms with Crippen molar-refractivity contribution >= 4 is 36.0 Å². The van der Waals surface area contributed by atoms with Gasteiger partial charge in [-0.25, -0.2) is 4.98 Å². The third-order valence-electron chi connectivity index (χ3n) is 6.18. The summed E-state index contributed by atoms with van der Waals surface area (Å²) in [5.41, 5.74) is 5.78. The maximum Gasteiger partial charge on any atom is 0.262 e. The Morgan fingerprint density at radius 3 is 2.44 bits per heavy atom. The number of likely N-dealkylation sites (N-methyl/N-ethyl adjacent to an activating group) is 1. The molecule has 3 aromatic rings. The van der Waals surface area contributed by atoms with Crippen molar-refractivity contribution in [1.29, 1.82) is 0 Å². The summed E-state index contributed by atoms with van der Waals surface area (Å²) >= 11 is 1.67. The molecule has 1 fully saturated rings. The molecule has 0 bridgehead atoms. The number of piperazine rings is 1. The van der Waals surface area contributed by atoms with Crippen LogP contribution >= 0.6 is 11.8 Å². The molecule has 32 heavy (non-hydrogen) atoms. The van der Waals surface area contributed by atoms with E-state index in [0.29, 0.717) is 6.54 Å². The fourth-order valence-corrected chi connectivity index (χ4v) is 5.40. The number of benzene rings is 2. The van der Waals surface area contributed by atoms with Gasteiger partial charge in [0.15, 0.2) is 5.16 Å². The second-order valence-electron chi connectivity index (χ2n) is 9.15. The van der Waals surface area contributed by atoms with Crippen LogP contribution in [0.15, 0.2) is 46.3 Å². The highest BCUT2D eigenvalue weighted by Crippen LogP contribution is 2.23. The Hall–Kier alpha value is -2.09. The van der Waals surface area contributed by atoms with E-state index in [0.717, 1.165) is 66.4 Å². The van der Waals surface area contributed by atoms with Crippen LogP contribution < -0.4 is 11.0 Å². The van der Waals surface area contributed by atoms with Crippen molar-refractivity contribution in [2.45, 2.75) is 37.7 Å². The zero-order valence-electron chi connectivity index (χ0n) is 19.7. The molecule has 7 heteroatoms. The molecule has 0 radical (unpaired) electrons. The quantitative estimate of drug-likeness (QED) is 0.315. The molecule has 0 N–H and O–H groups in total. The van der Waals surface area contributed by atoms with Gasteiger partial charge in [0.05, 0.1) is 10.9 Å². The molecule has 4 rings (SSSR count). The lowest BCUT2D eigenvalue weighted by molar-refractivity contribution is 0.151. The second-order valence-corrected chi connectivity index (χ2v) is 10.1. The van der Waals surface area contributed by atoms with Gasteiger partial charge in [-0.2, -0.15) is 0 Å². The van der Waals surface area contributed by atoms with Gasteiger partial charge in [-0.1, -0.05) is 58.7 Å². The number of aryl methyl sites for hydroxylation is 2. The van der Waals surface area contributed by atoms with E-state index in [1.54, 1.807) is 11.8 Å². The number of thioether (sulfide) groups is 1. The summed E-state index contributed by atoms with van der Waals surface area (Å²) < 4.78 is 1.91. The topological polar surface area (TPSA) is 41.4 Å². The number of rotatable bonds is 7. The average Bonchev–Trinajstić information content (AvgIpc) is 2.75. The van der Waals surface area contributed by atoms with E-state index in [1.165, 1.54) is 16.7 Å². The van der Waals surface area contributed by atoms with E-state index < -0.39 is 0 Å². The highest BCUT2D eigenvalue weighted by Gasteiger charge is 2.15. The number of hydrogen-bond donors (Lipinski definition) is 0. The maximum absolute atomic E-state index is 13.4. The first-order valence-electron chi connectivity index (χ1n) is 11.5. The molecule has 2 aromatic carbocycles. The Morgan fingerprint density at radius 1 is 1.00 bits per heavy atom. The SMILES string of the molecule is Bc1ccc2nc(SCc3cc(C)cc(C)c3)n(CCCN3CCN(C)CC3)c(=O)c2c1. The lowest BCUT2D eigenvalue weighted by atomic mass is 9.95. The number of hydrogen-bond acceptors (Lipinski definition) is 5. The van der Waals surface area contributed by atoms with Gasteiger partial charge in [-0.3, -0.25) is 9.36 Å². The summed E-state index contributed by atoms with van der Waals surface area (Å²) in [6, 6.07) is 12.6. The van der Waals surface area contributed by atoms with Crippen LogP contribution in [0.4, 0.5) is 0 Å². The second kappa shape index (κ2) is 10.2. The fraction of sp³-hybridized carbons (Fsp3) is 0.440. The Kier molecular flexibility index (Phi) is 7.39. The lowest BCUT2D eigenvalue weighted by Crippen LogP contribution is -2.44. The van der Waals surface area contributed by atoms with Crippen LogP contribution in [0.2, 0.25) is 0 Å². The molecule has 0 aliphatic carbocycles. The molecule has 0 amide bonds. The Labute approximate surface area is 196 Å². The third-order valence-corrected chi connectivity index (χ3v) is 7.22. The van der Waals surface area contributed by atoms with Gasteiger partial charge in [0.25, 0.3) is 5.56 Å². The summed E-state index contributed by atoms with van der Waals surface area (Å²) in [4.78, 5) is 23.2. The Bertz CT molecular complexity index is 1130. The van der Waals surface area contributed by atoms with E-state index >= 15 is 0 Å². The van der Waals surface area contributed by atoms with Crippen molar-refractivity contribution in [1.82, 2.24) is 19.4 Å². The Balaban J connectivity index is 1.56. The molecule has 1 saturated heterocycles. The minimum Gasteiger partial charge on any atom is -0.304 e. The summed E-state index contributed by atoms with van der Waals surface area (Å²) in [5.74, 6) is 0.810. The van der Waals surface area contributed by atoms with Crippen LogP contribution in [-0.2, 0) is 12.3 Å². The molecule has 168 valence electrons. The van der Waals surface area contributed by atoms with Crippen LogP contribution in [0.3, 0.4) is 0 Å². The summed E-state index contributed by atoms with van der Waals surface area (Å²) in [7, 11) is 4.21. The molecule has 0 atom stereocenters. The van der Waals surface area contributed by atoms with Gasteiger partial charge in [0.1, 0.15) is 7.85 Å². The number of aromatic nitrogens is 2. The molecule has 0 unspecified atom stereocenters. The predicted molar refractivity (Wildman–Crippen MR) is 138 cm³/mol. The molecule has 0 spiro atoms. The van der Waals surface area contributed by atoms with Crippen LogP contribution in [0.5, 0.6) is 0 Å². The van der Waals surface area contributed by atoms with Crippen molar-refractivity contribution in [3.63, 3.8) is 0 Å². The summed E-state index contributed by atoms with van der Waals surface area (Å²) in [5, 5.41) is 1.55. The average molecular weight is 448 g/mol. The van der Waals surface area contributed by atoms with Crippen LogP contribution in [-0.4, -0.2) is 67.0 Å². The Morgan fingerprint density at radius 2 is 1.72 bits per heavy atom. The molecule has 5 nitrogen and oxygen atoms in total. The van der Waals surface area contributed by atoms with Crippen molar-refractivity contribution in [2.24, 2.45) is 0 Å². The van der Waals surface area contributed by atoms with Gasteiger partial charge < -0.3 is 9.80 Å². The lowest BCUT2D eigenvalue weighted by Gasteiger charge is -2.32. The maximum atomic E-state index is 13.4. The standard InChI is InChI=1S/C25H33BN4OS/c1-18-13-19(2)15-20(14-18)17-32-25-27-23-6-5-21(26)16-22(23)24(31)30(25)8-4-7-29-11-9-28(3)10-12-29/h5-6,13-16H,4,7-12,17,26H2,1-3H3. The van der Waals surface area contributed by atoms with Crippen LogP contribution in [0, 0.1) is 13.8 Å². The van der Waals surface area contributed by atoms with E-state index in [1.807, 2.05) is 30.6 Å². The molecule has 1 aromatic heterocycles. The minimum atomic E-state index is 0.0833. The van der Waals surface area contributed by atoms with E-state index in [4.69, 9.17) is 4.98 Å². The molecule has 1 aliphatic rings. The van der Waals surface area contributed by atoms with Crippen molar-refractivity contribution < 1.29 is 0 Å². The zero-order chi connectivity index (χ0) is 22.7. The van der Waals surface area contributed by atoms with Gasteiger partial charge in [0.2, 0.25) is 0 Å². The molecular formula is C25H33BN4OS. The van der Waals surface area contributed by atoms with Crippen molar-refractivity contribution in [3.05, 3.63) is 63.4 Å². The highest BCUT2D eigenvalue weighted by atomic mass is 32.2. The van der Waals surface area contributed by atoms with Gasteiger partial charge >= 0.3 is 0 Å². The zero-order valence-corrected chi connectivity index (χ0v) is 20.5. The first-order valence-corrected chi connectivity index (χ1v) is 12.5. The number of fused-ring (bicyclic) bond motifs is 1. The van der Waals surface area contributed by atoms with E-state index in [2.05, 4.69) is 48.9 Å². The highest BCUT2D eigenvalue weighted by molar-refractivity contribution is 7.98. The molecular weight excluding hydrogens is 415 g/mol. The smallest absolute Gasteiger partial charge is 0.262 e. The molecule has 2 heterocycles. The fourth-order valence-electron chi connectivity index (χ4n) is 4.45. The monoisotopic (exact) mass is 448 g/mol. The van der Waals surface area contributed by atoms with Gasteiger partial charge in [0, 0.05) is 38.5 Å². The molecule has 1 aliphatic heterocycles. The normalized spacial score (nSPS) is 15.5. The minimum absolute atomic E-state index is 0.0833. The van der Waals surface area contributed by atoms with Crippen LogP contribution in [0.25, 0.3) is 10.9 Å². The van der Waals surface area contributed by atoms with Gasteiger partial charge in [-0.05, 0) is 45.5 Å². The third kappa shape index (κ3) is 5.63.